The number of hydrogen-bond acceptors (Lipinski definition) is 5. The number of aromatic nitrogens is 1. The Hall–Kier alpha value is -3.14. The van der Waals surface area contributed by atoms with Crippen LogP contribution in [-0.4, -0.2) is 52.0 Å². The van der Waals surface area contributed by atoms with Crippen LogP contribution in [0, 0.1) is 11.8 Å². The third kappa shape index (κ3) is 7.33. The first-order valence-corrected chi connectivity index (χ1v) is 13.9. The van der Waals surface area contributed by atoms with Crippen molar-refractivity contribution in [2.24, 2.45) is 11.8 Å². The van der Waals surface area contributed by atoms with Crippen LogP contribution >= 0.6 is 0 Å². The summed E-state index contributed by atoms with van der Waals surface area (Å²) in [6.45, 7) is 12.5. The molecule has 0 aliphatic carbocycles. The predicted molar refractivity (Wildman–Crippen MR) is 145 cm³/mol. The van der Waals surface area contributed by atoms with Crippen LogP contribution in [-0.2, 0) is 24.0 Å². The zero-order valence-corrected chi connectivity index (χ0v) is 23.8. The number of hydrogen-bond donors (Lipinski definition) is 1. The van der Waals surface area contributed by atoms with Gasteiger partial charge in [-0.3, -0.25) is 14.7 Å². The van der Waals surface area contributed by atoms with E-state index in [1.54, 1.807) is 11.1 Å². The Balaban J connectivity index is 1.34. The highest BCUT2D eigenvalue weighted by molar-refractivity contribution is 5.94. The molecule has 0 unspecified atom stereocenters. The molecule has 3 heterocycles. The second-order valence-corrected chi connectivity index (χ2v) is 12.2. The van der Waals surface area contributed by atoms with Crippen molar-refractivity contribution in [3.8, 4) is 0 Å². The van der Waals surface area contributed by atoms with Gasteiger partial charge in [-0.2, -0.15) is 13.2 Å². The minimum atomic E-state index is -4.36. The first-order valence-electron chi connectivity index (χ1n) is 13.9. The van der Waals surface area contributed by atoms with Crippen LogP contribution in [0.2, 0.25) is 0 Å². The summed E-state index contributed by atoms with van der Waals surface area (Å²) < 4.78 is 44.3. The van der Waals surface area contributed by atoms with Gasteiger partial charge in [0.15, 0.2) is 0 Å². The van der Waals surface area contributed by atoms with Gasteiger partial charge in [0.1, 0.15) is 5.60 Å². The third-order valence-corrected chi connectivity index (χ3v) is 7.43. The molecule has 4 rings (SSSR count). The number of fused-ring (bicyclic) bond motifs is 1. The maximum atomic E-state index is 13.0. The summed E-state index contributed by atoms with van der Waals surface area (Å²) in [6.07, 6.45) is -1.47. The first kappa shape index (κ1) is 29.8. The number of nitrogens with zero attached hydrogens (tertiary/aromatic N) is 3. The highest BCUT2D eigenvalue weighted by atomic mass is 19.4. The highest BCUT2D eigenvalue weighted by Crippen LogP contribution is 2.39. The number of amides is 2. The number of nitrogens with one attached hydrogen (secondary N) is 1. The van der Waals surface area contributed by atoms with Crippen LogP contribution in [0.15, 0.2) is 36.5 Å². The van der Waals surface area contributed by atoms with E-state index in [9.17, 15) is 22.8 Å². The molecule has 0 spiro atoms. The number of carbonyl (C=O) groups excluding carboxylic acids is 2. The number of likely N-dealkylation sites (tertiary alicyclic amines) is 1. The standard InChI is InChI=1S/C30H39F3N4O3/c1-19(2)26-25-23(18-37(26)17-21-6-8-24(9-7-21)30(31,32)33)14-22(16-34-25)27(38)35-15-20-10-12-36(13-11-20)28(39)40-29(3,4)5/h6-9,14,16,19-20,26H,10-13,15,17-18H2,1-5H3,(H,35,38)/t26-/m0/s1. The van der Waals surface area contributed by atoms with Crippen molar-refractivity contribution in [2.45, 2.75) is 78.4 Å². The van der Waals surface area contributed by atoms with Crippen LogP contribution in [0.25, 0.3) is 0 Å². The van der Waals surface area contributed by atoms with Gasteiger partial charge < -0.3 is 15.0 Å². The Kier molecular flexibility index (Phi) is 8.77. The van der Waals surface area contributed by atoms with E-state index in [0.29, 0.717) is 38.3 Å². The molecule has 0 saturated carbocycles. The Bertz CT molecular complexity index is 1200. The smallest absolute Gasteiger partial charge is 0.416 e. The van der Waals surface area contributed by atoms with E-state index in [2.05, 4.69) is 29.0 Å². The maximum Gasteiger partial charge on any atom is 0.416 e. The summed E-state index contributed by atoms with van der Waals surface area (Å²) in [5.41, 5.74) is 1.97. The summed E-state index contributed by atoms with van der Waals surface area (Å²) in [5.74, 6) is 0.316. The molecule has 1 saturated heterocycles. The molecule has 2 amide bonds. The molecule has 0 radical (unpaired) electrons. The van der Waals surface area contributed by atoms with Crippen molar-refractivity contribution < 1.29 is 27.5 Å². The quantitative estimate of drug-likeness (QED) is 0.456. The molecule has 1 N–H and O–H groups in total. The van der Waals surface area contributed by atoms with E-state index in [4.69, 9.17) is 4.74 Å². The lowest BCUT2D eigenvalue weighted by Gasteiger charge is -2.33. The molecule has 1 fully saturated rings. The average Bonchev–Trinajstić information content (AvgIpc) is 3.23. The van der Waals surface area contributed by atoms with Crippen LogP contribution in [0.1, 0.15) is 86.2 Å². The second-order valence-electron chi connectivity index (χ2n) is 12.2. The number of carbonyl (C=O) groups is 2. The van der Waals surface area contributed by atoms with Gasteiger partial charge in [0.25, 0.3) is 5.91 Å². The van der Waals surface area contributed by atoms with Crippen molar-refractivity contribution in [3.05, 3.63) is 64.5 Å². The monoisotopic (exact) mass is 560 g/mol. The summed E-state index contributed by atoms with van der Waals surface area (Å²) in [6, 6.07) is 7.16. The number of ether oxygens (including phenoxy) is 1. The van der Waals surface area contributed by atoms with E-state index >= 15 is 0 Å². The van der Waals surface area contributed by atoms with Crippen molar-refractivity contribution in [1.29, 1.82) is 0 Å². The first-order chi connectivity index (χ1) is 18.7. The van der Waals surface area contributed by atoms with Gasteiger partial charge in [0.05, 0.1) is 22.9 Å². The van der Waals surface area contributed by atoms with Crippen molar-refractivity contribution >= 4 is 12.0 Å². The Morgan fingerprint density at radius 1 is 1.10 bits per heavy atom. The minimum absolute atomic E-state index is 0.00422. The fourth-order valence-electron chi connectivity index (χ4n) is 5.44. The van der Waals surface area contributed by atoms with Crippen LogP contribution in [0.3, 0.4) is 0 Å². The van der Waals surface area contributed by atoms with E-state index in [1.807, 2.05) is 26.8 Å². The SMILES string of the molecule is CC(C)[C@H]1c2ncc(C(=O)NCC3CCN(C(=O)OC(C)(C)C)CC3)cc2CN1Cc1ccc(C(F)(F)F)cc1. The molecule has 218 valence electrons. The maximum absolute atomic E-state index is 13.0. The average molecular weight is 561 g/mol. The number of benzene rings is 1. The molecule has 7 nitrogen and oxygen atoms in total. The van der Waals surface area contributed by atoms with Crippen molar-refractivity contribution in [2.75, 3.05) is 19.6 Å². The Morgan fingerprint density at radius 2 is 1.75 bits per heavy atom. The van der Waals surface area contributed by atoms with Crippen LogP contribution in [0.4, 0.5) is 18.0 Å². The lowest BCUT2D eigenvalue weighted by Crippen LogP contribution is -2.43. The number of pyridine rings is 1. The summed E-state index contributed by atoms with van der Waals surface area (Å²) in [5, 5.41) is 3.03. The molecular weight excluding hydrogens is 521 g/mol. The highest BCUT2D eigenvalue weighted by Gasteiger charge is 2.35. The number of alkyl halides is 3. The molecule has 0 bridgehead atoms. The molecule has 1 atom stereocenters. The zero-order chi connectivity index (χ0) is 29.2. The van der Waals surface area contributed by atoms with Crippen LogP contribution in [0.5, 0.6) is 0 Å². The molecular formula is C30H39F3N4O3. The largest absolute Gasteiger partial charge is 0.444 e. The lowest BCUT2D eigenvalue weighted by molar-refractivity contribution is -0.137. The van der Waals surface area contributed by atoms with E-state index in [0.717, 1.165) is 41.8 Å². The number of piperidine rings is 1. The number of halogens is 3. The lowest BCUT2D eigenvalue weighted by atomic mass is 9.97. The summed E-state index contributed by atoms with van der Waals surface area (Å²) in [7, 11) is 0. The van der Waals surface area contributed by atoms with Gasteiger partial charge in [-0.05, 0) is 74.8 Å². The summed E-state index contributed by atoms with van der Waals surface area (Å²) >= 11 is 0. The molecule has 10 heteroatoms. The number of rotatable bonds is 6. The molecule has 1 aromatic heterocycles. The fraction of sp³-hybridized carbons (Fsp3) is 0.567. The van der Waals surface area contributed by atoms with E-state index in [-0.39, 0.29) is 29.9 Å². The zero-order valence-electron chi connectivity index (χ0n) is 23.8. The van der Waals surface area contributed by atoms with Gasteiger partial charge >= 0.3 is 12.3 Å². The molecule has 2 aliphatic rings. The fourth-order valence-corrected chi connectivity index (χ4v) is 5.44. The second kappa shape index (κ2) is 11.8. The Morgan fingerprint density at radius 3 is 2.33 bits per heavy atom. The van der Waals surface area contributed by atoms with Gasteiger partial charge in [-0.25, -0.2) is 4.79 Å². The van der Waals surface area contributed by atoms with Crippen molar-refractivity contribution in [1.82, 2.24) is 20.1 Å². The molecule has 2 aromatic rings. The third-order valence-electron chi connectivity index (χ3n) is 7.43. The molecule has 1 aromatic carbocycles. The van der Waals surface area contributed by atoms with Gasteiger partial charge in [0, 0.05) is 38.9 Å². The van der Waals surface area contributed by atoms with Crippen molar-refractivity contribution in [3.63, 3.8) is 0 Å². The van der Waals surface area contributed by atoms with Gasteiger partial charge in [0.2, 0.25) is 0 Å². The van der Waals surface area contributed by atoms with Gasteiger partial charge in [-0.1, -0.05) is 26.0 Å². The van der Waals surface area contributed by atoms with E-state index in [1.165, 1.54) is 12.1 Å². The van der Waals surface area contributed by atoms with Crippen LogP contribution < -0.4 is 5.32 Å². The minimum Gasteiger partial charge on any atom is -0.444 e. The normalized spacial score (nSPS) is 18.6. The topological polar surface area (TPSA) is 74.8 Å². The van der Waals surface area contributed by atoms with E-state index < -0.39 is 17.3 Å². The predicted octanol–water partition coefficient (Wildman–Crippen LogP) is 6.19. The molecule has 2 aliphatic heterocycles. The Labute approximate surface area is 234 Å². The van der Waals surface area contributed by atoms with Gasteiger partial charge in [-0.15, -0.1) is 0 Å². The molecule has 40 heavy (non-hydrogen) atoms. The summed E-state index contributed by atoms with van der Waals surface area (Å²) in [4.78, 5) is 33.8.